The summed E-state index contributed by atoms with van der Waals surface area (Å²) in [4.78, 5) is 9.01. The average molecular weight is 304 g/mol. The zero-order valence-corrected chi connectivity index (χ0v) is 12.1. The smallest absolute Gasteiger partial charge is 0.375 e. The highest BCUT2D eigenvalue weighted by molar-refractivity contribution is 5.50. The van der Waals surface area contributed by atoms with Crippen LogP contribution < -0.4 is 10.2 Å². The first-order valence-corrected chi connectivity index (χ1v) is 6.97. The fourth-order valence-corrected chi connectivity index (χ4v) is 2.09. The highest BCUT2D eigenvalue weighted by atomic mass is 19.4. The lowest BCUT2D eigenvalue weighted by Gasteiger charge is -2.32. The Morgan fingerprint density at radius 3 is 2.81 bits per heavy atom. The Balaban J connectivity index is 2.30. The van der Waals surface area contributed by atoms with Crippen LogP contribution in [0.25, 0.3) is 0 Å². The molecule has 1 N–H and O–H groups in total. The van der Waals surface area contributed by atoms with Gasteiger partial charge in [0.1, 0.15) is 11.6 Å². The summed E-state index contributed by atoms with van der Waals surface area (Å²) < 4.78 is 44.2. The van der Waals surface area contributed by atoms with Crippen LogP contribution in [0.5, 0.6) is 0 Å². The Kier molecular flexibility index (Phi) is 4.87. The van der Waals surface area contributed by atoms with E-state index in [0.717, 1.165) is 6.42 Å². The van der Waals surface area contributed by atoms with Gasteiger partial charge in [-0.05, 0) is 13.3 Å². The maximum absolute atomic E-state index is 12.9. The fraction of sp³-hybridized carbons (Fsp3) is 0.692. The molecule has 1 fully saturated rings. The Hall–Kier alpha value is -1.57. The zero-order chi connectivity index (χ0) is 15.5. The van der Waals surface area contributed by atoms with E-state index in [0.29, 0.717) is 26.2 Å². The van der Waals surface area contributed by atoms with Gasteiger partial charge in [-0.1, -0.05) is 6.92 Å². The van der Waals surface area contributed by atoms with E-state index in [1.807, 2.05) is 13.8 Å². The first-order chi connectivity index (χ1) is 9.90. The molecule has 1 aromatic rings. The summed E-state index contributed by atoms with van der Waals surface area (Å²) in [5, 5.41) is 2.89. The molecule has 0 aliphatic carbocycles. The fourth-order valence-electron chi connectivity index (χ4n) is 2.09. The molecule has 2 rings (SSSR count). The molecular weight excluding hydrogens is 285 g/mol. The minimum atomic E-state index is -4.56. The number of halogens is 3. The number of alkyl halides is 3. The molecule has 21 heavy (non-hydrogen) atoms. The first kappa shape index (κ1) is 15.8. The molecule has 0 amide bonds. The standard InChI is InChI=1S/C13H19F3N4O/c1-3-4-17-10-7-11(19-12(18-10)13(14,15)16)20-5-6-21-9(2)8-20/h7,9H,3-6,8H2,1-2H3,(H,17,18,19). The van der Waals surface area contributed by atoms with Crippen LogP contribution in [-0.2, 0) is 10.9 Å². The molecule has 1 aliphatic heterocycles. The minimum Gasteiger partial charge on any atom is -0.375 e. The number of anilines is 2. The third-order valence-corrected chi connectivity index (χ3v) is 3.09. The predicted octanol–water partition coefficient (Wildman–Crippen LogP) is 2.54. The molecule has 2 heterocycles. The molecule has 0 aromatic carbocycles. The summed E-state index contributed by atoms with van der Waals surface area (Å²) in [6, 6.07) is 1.56. The van der Waals surface area contributed by atoms with Gasteiger partial charge < -0.3 is 15.0 Å². The molecule has 0 bridgehead atoms. The third kappa shape index (κ3) is 4.20. The van der Waals surface area contributed by atoms with Crippen LogP contribution in [0.15, 0.2) is 6.07 Å². The molecular formula is C13H19F3N4O. The number of nitrogens with one attached hydrogen (secondary N) is 1. The molecule has 0 radical (unpaired) electrons. The quantitative estimate of drug-likeness (QED) is 0.926. The van der Waals surface area contributed by atoms with Crippen LogP contribution in [-0.4, -0.2) is 42.3 Å². The largest absolute Gasteiger partial charge is 0.451 e. The van der Waals surface area contributed by atoms with Gasteiger partial charge in [-0.2, -0.15) is 13.2 Å². The molecule has 0 saturated carbocycles. The number of hydrogen-bond donors (Lipinski definition) is 1. The molecule has 1 aliphatic rings. The van der Waals surface area contributed by atoms with Gasteiger partial charge in [-0.15, -0.1) is 0 Å². The van der Waals surface area contributed by atoms with Crippen LogP contribution in [0.3, 0.4) is 0 Å². The summed E-state index contributed by atoms with van der Waals surface area (Å²) in [7, 11) is 0. The molecule has 1 aromatic heterocycles. The summed E-state index contributed by atoms with van der Waals surface area (Å²) >= 11 is 0. The summed E-state index contributed by atoms with van der Waals surface area (Å²) in [5.41, 5.74) is 0. The van der Waals surface area contributed by atoms with Gasteiger partial charge in [-0.25, -0.2) is 9.97 Å². The van der Waals surface area contributed by atoms with Gasteiger partial charge in [0, 0.05) is 25.7 Å². The Bertz CT molecular complexity index is 481. The van der Waals surface area contributed by atoms with Crippen molar-refractivity contribution in [2.45, 2.75) is 32.5 Å². The maximum atomic E-state index is 12.9. The highest BCUT2D eigenvalue weighted by Crippen LogP contribution is 2.29. The van der Waals surface area contributed by atoms with Crippen LogP contribution >= 0.6 is 0 Å². The third-order valence-electron chi connectivity index (χ3n) is 3.09. The van der Waals surface area contributed by atoms with Crippen LogP contribution in [0, 0.1) is 0 Å². The normalized spacial score (nSPS) is 19.7. The average Bonchev–Trinajstić information content (AvgIpc) is 2.44. The van der Waals surface area contributed by atoms with Crippen molar-refractivity contribution >= 4 is 11.6 Å². The molecule has 1 atom stereocenters. The minimum absolute atomic E-state index is 0.0323. The Labute approximate surface area is 121 Å². The van der Waals surface area contributed by atoms with Gasteiger partial charge in [0.15, 0.2) is 0 Å². The van der Waals surface area contributed by atoms with E-state index in [2.05, 4.69) is 15.3 Å². The van der Waals surface area contributed by atoms with E-state index in [9.17, 15) is 13.2 Å². The van der Waals surface area contributed by atoms with Crippen molar-refractivity contribution in [3.05, 3.63) is 11.9 Å². The van der Waals surface area contributed by atoms with E-state index in [-0.39, 0.29) is 17.7 Å². The van der Waals surface area contributed by atoms with E-state index < -0.39 is 12.0 Å². The first-order valence-electron chi connectivity index (χ1n) is 6.97. The molecule has 5 nitrogen and oxygen atoms in total. The zero-order valence-electron chi connectivity index (χ0n) is 12.1. The van der Waals surface area contributed by atoms with E-state index in [1.165, 1.54) is 0 Å². The van der Waals surface area contributed by atoms with Crippen molar-refractivity contribution in [2.24, 2.45) is 0 Å². The molecule has 1 unspecified atom stereocenters. The van der Waals surface area contributed by atoms with Crippen molar-refractivity contribution in [3.63, 3.8) is 0 Å². The number of nitrogens with zero attached hydrogens (tertiary/aromatic N) is 3. The summed E-state index contributed by atoms with van der Waals surface area (Å²) in [6.45, 7) is 5.89. The predicted molar refractivity (Wildman–Crippen MR) is 73.4 cm³/mol. The summed E-state index contributed by atoms with van der Waals surface area (Å²) in [5.74, 6) is -0.628. The lowest BCUT2D eigenvalue weighted by molar-refractivity contribution is -0.144. The highest BCUT2D eigenvalue weighted by Gasteiger charge is 2.36. The van der Waals surface area contributed by atoms with Crippen LogP contribution in [0.1, 0.15) is 26.1 Å². The van der Waals surface area contributed by atoms with Crippen molar-refractivity contribution in [1.82, 2.24) is 9.97 Å². The Morgan fingerprint density at radius 2 is 2.19 bits per heavy atom. The van der Waals surface area contributed by atoms with Crippen LogP contribution in [0.4, 0.5) is 24.8 Å². The molecule has 8 heteroatoms. The molecule has 1 saturated heterocycles. The van der Waals surface area contributed by atoms with Crippen LogP contribution in [0.2, 0.25) is 0 Å². The van der Waals surface area contributed by atoms with E-state index >= 15 is 0 Å². The van der Waals surface area contributed by atoms with Crippen molar-refractivity contribution < 1.29 is 17.9 Å². The van der Waals surface area contributed by atoms with Gasteiger partial charge in [-0.3, -0.25) is 0 Å². The number of morpholine rings is 1. The maximum Gasteiger partial charge on any atom is 0.451 e. The van der Waals surface area contributed by atoms with Gasteiger partial charge in [0.2, 0.25) is 5.82 Å². The second-order valence-electron chi connectivity index (χ2n) is 4.99. The number of hydrogen-bond acceptors (Lipinski definition) is 5. The number of aromatic nitrogens is 2. The Morgan fingerprint density at radius 1 is 1.43 bits per heavy atom. The summed E-state index contributed by atoms with van der Waals surface area (Å²) in [6.07, 6.45) is -3.79. The molecule has 0 spiro atoms. The van der Waals surface area contributed by atoms with E-state index in [1.54, 1.807) is 11.0 Å². The monoisotopic (exact) mass is 304 g/mol. The van der Waals surface area contributed by atoms with Gasteiger partial charge in [0.05, 0.1) is 12.7 Å². The topological polar surface area (TPSA) is 50.3 Å². The van der Waals surface area contributed by atoms with Gasteiger partial charge >= 0.3 is 6.18 Å². The molecule has 118 valence electrons. The van der Waals surface area contributed by atoms with E-state index in [4.69, 9.17) is 4.74 Å². The second kappa shape index (κ2) is 6.46. The van der Waals surface area contributed by atoms with Gasteiger partial charge in [0.25, 0.3) is 0 Å². The second-order valence-corrected chi connectivity index (χ2v) is 4.99. The lowest BCUT2D eigenvalue weighted by Crippen LogP contribution is -2.41. The number of rotatable bonds is 4. The number of ether oxygens (including phenoxy) is 1. The SMILES string of the molecule is CCCNc1cc(N2CCOC(C)C2)nc(C(F)(F)F)n1. The van der Waals surface area contributed by atoms with Crippen molar-refractivity contribution in [1.29, 1.82) is 0 Å². The van der Waals surface area contributed by atoms with Crippen molar-refractivity contribution in [3.8, 4) is 0 Å². The lowest BCUT2D eigenvalue weighted by atomic mass is 10.3. The van der Waals surface area contributed by atoms with Crippen molar-refractivity contribution in [2.75, 3.05) is 36.5 Å².